The van der Waals surface area contributed by atoms with Crippen molar-refractivity contribution in [3.63, 3.8) is 0 Å². The molecule has 6 heteroatoms. The van der Waals surface area contributed by atoms with E-state index in [0.717, 1.165) is 66.6 Å². The first-order valence-electron chi connectivity index (χ1n) is 15.5. The fourth-order valence-electron chi connectivity index (χ4n) is 6.09. The first-order chi connectivity index (χ1) is 23.3. The Labute approximate surface area is 270 Å². The van der Waals surface area contributed by atoms with Crippen LogP contribution in [0.2, 0.25) is 0 Å². The largest absolute Gasteiger partial charge is 0.422 e. The predicted molar refractivity (Wildman–Crippen MR) is 186 cm³/mol. The third kappa shape index (κ3) is 4.80. The van der Waals surface area contributed by atoms with E-state index in [0.29, 0.717) is 17.5 Å². The highest BCUT2D eigenvalue weighted by molar-refractivity contribution is 6.02. The van der Waals surface area contributed by atoms with Gasteiger partial charge in [-0.15, -0.1) is 0 Å². The zero-order chi connectivity index (χ0) is 31.2. The summed E-state index contributed by atoms with van der Waals surface area (Å²) in [5, 5.41) is 3.17. The van der Waals surface area contributed by atoms with Crippen LogP contribution in [0.4, 0.5) is 0 Å². The van der Waals surface area contributed by atoms with Crippen LogP contribution in [-0.2, 0) is 0 Å². The standard InChI is InChI=1S/C41H26N5O/c1-3-12-28(13-4-1)37-43-38(29-14-5-2-6-15-29)45-39(44-37)30-23-21-27(22-24-30)34-26-31-16-7-9-19-35(31)42-40(34)46-25-11-18-33-32-17-8-10-20-36(32)47-41(33)46/h1-26H/q+1. The summed E-state index contributed by atoms with van der Waals surface area (Å²) in [6.45, 7) is 0. The molecule has 0 amide bonds. The van der Waals surface area contributed by atoms with E-state index < -0.39 is 0 Å². The number of hydrogen-bond acceptors (Lipinski definition) is 5. The first-order valence-corrected chi connectivity index (χ1v) is 15.5. The van der Waals surface area contributed by atoms with Crippen LogP contribution in [0.3, 0.4) is 0 Å². The normalized spacial score (nSPS) is 11.4. The number of fused-ring (bicyclic) bond motifs is 4. The van der Waals surface area contributed by atoms with E-state index in [-0.39, 0.29) is 0 Å². The maximum Gasteiger partial charge on any atom is 0.339 e. The molecule has 0 atom stereocenters. The van der Waals surface area contributed by atoms with Gasteiger partial charge in [0.1, 0.15) is 5.58 Å². The molecule has 5 aromatic carbocycles. The molecule has 0 bridgehead atoms. The summed E-state index contributed by atoms with van der Waals surface area (Å²) >= 11 is 0. The molecule has 0 aliphatic carbocycles. The summed E-state index contributed by atoms with van der Waals surface area (Å²) in [5.74, 6) is 2.67. The van der Waals surface area contributed by atoms with Crippen LogP contribution in [0, 0.1) is 0 Å². The predicted octanol–water partition coefficient (Wildman–Crippen LogP) is 9.26. The van der Waals surface area contributed by atoms with E-state index in [2.05, 4.69) is 53.1 Å². The maximum atomic E-state index is 6.41. The summed E-state index contributed by atoms with van der Waals surface area (Å²) in [7, 11) is 0. The molecule has 47 heavy (non-hydrogen) atoms. The highest BCUT2D eigenvalue weighted by atomic mass is 16.3. The second-order valence-corrected chi connectivity index (χ2v) is 11.4. The van der Waals surface area contributed by atoms with Gasteiger partial charge in [0.15, 0.2) is 23.0 Å². The molecule has 6 nitrogen and oxygen atoms in total. The molecule has 220 valence electrons. The lowest BCUT2D eigenvalue weighted by Crippen LogP contribution is -2.32. The monoisotopic (exact) mass is 604 g/mol. The topological polar surface area (TPSA) is 68.6 Å². The summed E-state index contributed by atoms with van der Waals surface area (Å²) in [4.78, 5) is 19.8. The number of nitrogens with zero attached hydrogens (tertiary/aromatic N) is 5. The van der Waals surface area contributed by atoms with Gasteiger partial charge in [-0.25, -0.2) is 15.0 Å². The van der Waals surface area contributed by atoms with Crippen molar-refractivity contribution < 1.29 is 8.98 Å². The van der Waals surface area contributed by atoms with Gasteiger partial charge in [0.05, 0.1) is 17.1 Å². The molecule has 4 aromatic heterocycles. The Bertz CT molecular complexity index is 2500. The summed E-state index contributed by atoms with van der Waals surface area (Å²) < 4.78 is 8.46. The minimum Gasteiger partial charge on any atom is -0.422 e. The van der Waals surface area contributed by atoms with Crippen LogP contribution >= 0.6 is 0 Å². The van der Waals surface area contributed by atoms with Crippen molar-refractivity contribution in [2.24, 2.45) is 0 Å². The highest BCUT2D eigenvalue weighted by Crippen LogP contribution is 2.32. The van der Waals surface area contributed by atoms with Crippen molar-refractivity contribution in [1.29, 1.82) is 0 Å². The van der Waals surface area contributed by atoms with Gasteiger partial charge in [-0.2, -0.15) is 4.57 Å². The van der Waals surface area contributed by atoms with E-state index in [1.165, 1.54) is 0 Å². The summed E-state index contributed by atoms with van der Waals surface area (Å²) in [6, 6.07) is 51.0. The molecular weight excluding hydrogens is 578 g/mol. The van der Waals surface area contributed by atoms with Crippen LogP contribution in [0.1, 0.15) is 0 Å². The summed E-state index contributed by atoms with van der Waals surface area (Å²) in [6.07, 6.45) is 2.01. The van der Waals surface area contributed by atoms with E-state index in [1.807, 2.05) is 109 Å². The van der Waals surface area contributed by atoms with Gasteiger partial charge in [0.2, 0.25) is 0 Å². The first kappa shape index (κ1) is 26.8. The third-order valence-corrected chi connectivity index (χ3v) is 8.42. The van der Waals surface area contributed by atoms with Crippen molar-refractivity contribution in [2.45, 2.75) is 0 Å². The molecule has 9 rings (SSSR count). The quantitative estimate of drug-likeness (QED) is 0.183. The molecule has 0 spiro atoms. The Morgan fingerprint density at radius 2 is 1.00 bits per heavy atom. The molecule has 0 N–H and O–H groups in total. The lowest BCUT2D eigenvalue weighted by Gasteiger charge is -2.10. The van der Waals surface area contributed by atoms with Gasteiger partial charge < -0.3 is 4.42 Å². The Hall–Kier alpha value is -6.53. The molecule has 9 aromatic rings. The van der Waals surface area contributed by atoms with Crippen molar-refractivity contribution in [2.75, 3.05) is 0 Å². The van der Waals surface area contributed by atoms with Crippen LogP contribution in [-0.4, -0.2) is 19.9 Å². The van der Waals surface area contributed by atoms with Crippen LogP contribution < -0.4 is 4.57 Å². The summed E-state index contributed by atoms with van der Waals surface area (Å²) in [5.41, 5.74) is 7.28. The van der Waals surface area contributed by atoms with Crippen molar-refractivity contribution in [1.82, 2.24) is 19.9 Å². The minimum atomic E-state index is 0.613. The lowest BCUT2D eigenvalue weighted by atomic mass is 10.0. The Morgan fingerprint density at radius 3 is 1.70 bits per heavy atom. The SMILES string of the molecule is c1ccc(-c2nc(-c3ccccc3)nc(-c3ccc(-c4cc5ccccc5nc4-[n+]4cccc5c6ccccc6oc54)cc3)n2)cc1. The second kappa shape index (κ2) is 11.1. The van der Waals surface area contributed by atoms with E-state index in [9.17, 15) is 0 Å². The molecular formula is C41H26N5O+. The number of benzene rings is 5. The van der Waals surface area contributed by atoms with Crippen LogP contribution in [0.25, 0.3) is 84.1 Å². The van der Waals surface area contributed by atoms with E-state index in [4.69, 9.17) is 24.4 Å². The number of furan rings is 1. The molecule has 4 heterocycles. The zero-order valence-corrected chi connectivity index (χ0v) is 25.2. The number of para-hydroxylation sites is 2. The molecule has 0 radical (unpaired) electrons. The average Bonchev–Trinajstić information content (AvgIpc) is 3.54. The highest BCUT2D eigenvalue weighted by Gasteiger charge is 2.24. The third-order valence-electron chi connectivity index (χ3n) is 8.42. The Kier molecular flexibility index (Phi) is 6.35. The van der Waals surface area contributed by atoms with Gasteiger partial charge in [-0.3, -0.25) is 0 Å². The van der Waals surface area contributed by atoms with Crippen LogP contribution in [0.5, 0.6) is 0 Å². The Morgan fingerprint density at radius 1 is 0.447 bits per heavy atom. The fraction of sp³-hybridized carbons (Fsp3) is 0. The molecule has 0 saturated carbocycles. The zero-order valence-electron chi connectivity index (χ0n) is 25.2. The number of hydrogen-bond donors (Lipinski definition) is 0. The van der Waals surface area contributed by atoms with Crippen LogP contribution in [0.15, 0.2) is 162 Å². The average molecular weight is 605 g/mol. The van der Waals surface area contributed by atoms with Gasteiger partial charge in [-0.05, 0) is 40.9 Å². The van der Waals surface area contributed by atoms with Gasteiger partial charge in [0, 0.05) is 27.5 Å². The fourth-order valence-corrected chi connectivity index (χ4v) is 6.09. The van der Waals surface area contributed by atoms with Gasteiger partial charge in [-0.1, -0.05) is 121 Å². The van der Waals surface area contributed by atoms with Gasteiger partial charge in [0.25, 0.3) is 0 Å². The molecule has 0 aliphatic rings. The van der Waals surface area contributed by atoms with Crippen molar-refractivity contribution in [3.05, 3.63) is 158 Å². The molecule has 0 aliphatic heterocycles. The molecule has 0 saturated heterocycles. The van der Waals surface area contributed by atoms with E-state index in [1.54, 1.807) is 0 Å². The lowest BCUT2D eigenvalue weighted by molar-refractivity contribution is -0.577. The molecule has 0 unspecified atom stereocenters. The maximum absolute atomic E-state index is 6.41. The number of pyridine rings is 2. The molecule has 0 fully saturated rings. The van der Waals surface area contributed by atoms with E-state index >= 15 is 0 Å². The smallest absolute Gasteiger partial charge is 0.339 e. The van der Waals surface area contributed by atoms with Crippen molar-refractivity contribution >= 4 is 33.0 Å². The van der Waals surface area contributed by atoms with Gasteiger partial charge >= 0.3 is 11.5 Å². The second-order valence-electron chi connectivity index (χ2n) is 11.4. The minimum absolute atomic E-state index is 0.613. The number of aromatic nitrogens is 5. The number of rotatable bonds is 5. The Balaban J connectivity index is 1.20. The van der Waals surface area contributed by atoms with Crippen molar-refractivity contribution in [3.8, 4) is 51.1 Å².